The first-order valence-corrected chi connectivity index (χ1v) is 7.45. The maximum absolute atomic E-state index is 3.66. The molecule has 0 amide bonds. The molecule has 0 bridgehead atoms. The number of rotatable bonds is 5. The van der Waals surface area contributed by atoms with Crippen LogP contribution in [0.1, 0.15) is 60.3 Å². The van der Waals surface area contributed by atoms with E-state index in [9.17, 15) is 0 Å². The third-order valence-electron chi connectivity index (χ3n) is 3.93. The number of piperidine rings is 1. The lowest BCUT2D eigenvalue weighted by Gasteiger charge is -2.38. The second kappa shape index (κ2) is 6.75. The van der Waals surface area contributed by atoms with E-state index < -0.39 is 0 Å². The molecule has 1 unspecified atom stereocenters. The highest BCUT2D eigenvalue weighted by molar-refractivity contribution is 4.81. The predicted octanol–water partition coefficient (Wildman–Crippen LogP) is 3.28. The Hall–Kier alpha value is -0.0800. The van der Waals surface area contributed by atoms with Gasteiger partial charge in [-0.25, -0.2) is 0 Å². The standard InChI is InChI=1S/C15H32N2/c1-6-14(7-2)17-10-8-9-13(12-17)11-16-15(3,4)5/h13-14,16H,6-12H2,1-5H3. The van der Waals surface area contributed by atoms with Crippen molar-refractivity contribution in [3.63, 3.8) is 0 Å². The molecule has 2 nitrogen and oxygen atoms in total. The van der Waals surface area contributed by atoms with Crippen LogP contribution in [0.4, 0.5) is 0 Å². The summed E-state index contributed by atoms with van der Waals surface area (Å²) in [5, 5.41) is 3.66. The molecule has 0 aromatic rings. The highest BCUT2D eigenvalue weighted by Gasteiger charge is 2.24. The van der Waals surface area contributed by atoms with Gasteiger partial charge in [0.25, 0.3) is 0 Å². The molecule has 2 heteroatoms. The Morgan fingerprint density at radius 3 is 2.41 bits per heavy atom. The van der Waals surface area contributed by atoms with Gasteiger partial charge in [0, 0.05) is 18.1 Å². The Bertz CT molecular complexity index is 203. The van der Waals surface area contributed by atoms with E-state index in [0.717, 1.165) is 12.0 Å². The largest absolute Gasteiger partial charge is 0.312 e. The zero-order chi connectivity index (χ0) is 12.9. The van der Waals surface area contributed by atoms with Crippen LogP contribution in [0.25, 0.3) is 0 Å². The summed E-state index contributed by atoms with van der Waals surface area (Å²) in [7, 11) is 0. The fourth-order valence-corrected chi connectivity index (χ4v) is 2.85. The monoisotopic (exact) mass is 240 g/mol. The second-order valence-corrected chi connectivity index (χ2v) is 6.60. The van der Waals surface area contributed by atoms with Gasteiger partial charge in [0.1, 0.15) is 0 Å². The zero-order valence-electron chi connectivity index (χ0n) is 12.6. The molecule has 1 saturated heterocycles. The van der Waals surface area contributed by atoms with Gasteiger partial charge in [0.05, 0.1) is 0 Å². The third kappa shape index (κ3) is 5.39. The molecule has 1 atom stereocenters. The van der Waals surface area contributed by atoms with Gasteiger partial charge in [-0.2, -0.15) is 0 Å². The Morgan fingerprint density at radius 1 is 1.24 bits per heavy atom. The summed E-state index contributed by atoms with van der Waals surface area (Å²) in [5.74, 6) is 0.851. The Morgan fingerprint density at radius 2 is 1.88 bits per heavy atom. The Balaban J connectivity index is 2.38. The van der Waals surface area contributed by atoms with Crippen LogP contribution in [0, 0.1) is 5.92 Å². The van der Waals surface area contributed by atoms with Gasteiger partial charge in [0.15, 0.2) is 0 Å². The summed E-state index contributed by atoms with van der Waals surface area (Å²) >= 11 is 0. The van der Waals surface area contributed by atoms with Crippen molar-refractivity contribution < 1.29 is 0 Å². The molecule has 0 spiro atoms. The first-order valence-electron chi connectivity index (χ1n) is 7.45. The molecule has 1 fully saturated rings. The van der Waals surface area contributed by atoms with E-state index in [4.69, 9.17) is 0 Å². The minimum atomic E-state index is 0.261. The van der Waals surface area contributed by atoms with Crippen LogP contribution in [0.3, 0.4) is 0 Å². The van der Waals surface area contributed by atoms with E-state index >= 15 is 0 Å². The first-order chi connectivity index (χ1) is 7.96. The van der Waals surface area contributed by atoms with Crippen LogP contribution in [0.15, 0.2) is 0 Å². The van der Waals surface area contributed by atoms with Crippen molar-refractivity contribution in [1.82, 2.24) is 10.2 Å². The lowest BCUT2D eigenvalue weighted by molar-refractivity contribution is 0.113. The molecule has 17 heavy (non-hydrogen) atoms. The first kappa shape index (κ1) is 15.0. The third-order valence-corrected chi connectivity index (χ3v) is 3.93. The minimum absolute atomic E-state index is 0.261. The van der Waals surface area contributed by atoms with Gasteiger partial charge < -0.3 is 10.2 Å². The van der Waals surface area contributed by atoms with Crippen molar-refractivity contribution in [1.29, 1.82) is 0 Å². The van der Waals surface area contributed by atoms with E-state index in [2.05, 4.69) is 44.8 Å². The molecular formula is C15H32N2. The quantitative estimate of drug-likeness (QED) is 0.793. The van der Waals surface area contributed by atoms with E-state index in [0.29, 0.717) is 0 Å². The predicted molar refractivity (Wildman–Crippen MR) is 76.4 cm³/mol. The average molecular weight is 240 g/mol. The molecule has 0 aromatic carbocycles. The molecule has 1 aliphatic rings. The van der Waals surface area contributed by atoms with Crippen LogP contribution < -0.4 is 5.32 Å². The second-order valence-electron chi connectivity index (χ2n) is 6.60. The number of likely N-dealkylation sites (tertiary alicyclic amines) is 1. The van der Waals surface area contributed by atoms with Gasteiger partial charge in [-0.1, -0.05) is 13.8 Å². The molecule has 0 saturated carbocycles. The molecule has 1 aliphatic heterocycles. The van der Waals surface area contributed by atoms with Gasteiger partial charge in [-0.15, -0.1) is 0 Å². The summed E-state index contributed by atoms with van der Waals surface area (Å²) in [5.41, 5.74) is 0.261. The van der Waals surface area contributed by atoms with Crippen molar-refractivity contribution in [3.8, 4) is 0 Å². The van der Waals surface area contributed by atoms with E-state index in [1.165, 1.54) is 45.3 Å². The highest BCUT2D eigenvalue weighted by Crippen LogP contribution is 2.21. The van der Waals surface area contributed by atoms with Crippen molar-refractivity contribution in [2.45, 2.75) is 71.9 Å². The lowest BCUT2D eigenvalue weighted by Crippen LogP contribution is -2.47. The van der Waals surface area contributed by atoms with E-state index in [1.807, 2.05) is 0 Å². The molecule has 0 radical (unpaired) electrons. The van der Waals surface area contributed by atoms with Crippen LogP contribution in [-0.4, -0.2) is 36.1 Å². The van der Waals surface area contributed by atoms with Crippen molar-refractivity contribution in [2.75, 3.05) is 19.6 Å². The van der Waals surface area contributed by atoms with Gasteiger partial charge >= 0.3 is 0 Å². The summed E-state index contributed by atoms with van der Waals surface area (Å²) in [6.07, 6.45) is 5.39. The normalized spacial score (nSPS) is 23.3. The maximum Gasteiger partial charge on any atom is 0.00966 e. The maximum atomic E-state index is 3.66. The van der Waals surface area contributed by atoms with Crippen molar-refractivity contribution >= 4 is 0 Å². The topological polar surface area (TPSA) is 15.3 Å². The number of hydrogen-bond donors (Lipinski definition) is 1. The molecule has 1 rings (SSSR count). The summed E-state index contributed by atoms with van der Waals surface area (Å²) in [6, 6.07) is 0.812. The SMILES string of the molecule is CCC(CC)N1CCCC(CNC(C)(C)C)C1. The summed E-state index contributed by atoms with van der Waals surface area (Å²) < 4.78 is 0. The molecule has 1 N–H and O–H groups in total. The minimum Gasteiger partial charge on any atom is -0.312 e. The fourth-order valence-electron chi connectivity index (χ4n) is 2.85. The van der Waals surface area contributed by atoms with E-state index in [1.54, 1.807) is 0 Å². The van der Waals surface area contributed by atoms with Crippen LogP contribution >= 0.6 is 0 Å². The van der Waals surface area contributed by atoms with Gasteiger partial charge in [-0.05, 0) is 65.5 Å². The van der Waals surface area contributed by atoms with Gasteiger partial charge in [0.2, 0.25) is 0 Å². The van der Waals surface area contributed by atoms with E-state index in [-0.39, 0.29) is 5.54 Å². The van der Waals surface area contributed by atoms with Crippen molar-refractivity contribution in [2.24, 2.45) is 5.92 Å². The van der Waals surface area contributed by atoms with Crippen LogP contribution in [0.5, 0.6) is 0 Å². The lowest BCUT2D eigenvalue weighted by atomic mass is 9.94. The summed E-state index contributed by atoms with van der Waals surface area (Å²) in [4.78, 5) is 2.72. The molecule has 0 aromatic heterocycles. The fraction of sp³-hybridized carbons (Fsp3) is 1.00. The van der Waals surface area contributed by atoms with Gasteiger partial charge in [-0.3, -0.25) is 0 Å². The van der Waals surface area contributed by atoms with Crippen LogP contribution in [-0.2, 0) is 0 Å². The smallest absolute Gasteiger partial charge is 0.00966 e. The Kier molecular flexibility index (Phi) is 5.94. The average Bonchev–Trinajstić information content (AvgIpc) is 2.28. The number of nitrogens with zero attached hydrogens (tertiary/aromatic N) is 1. The molecular weight excluding hydrogens is 208 g/mol. The number of nitrogens with one attached hydrogen (secondary N) is 1. The molecule has 1 heterocycles. The summed E-state index contributed by atoms with van der Waals surface area (Å²) in [6.45, 7) is 15.2. The highest BCUT2D eigenvalue weighted by atomic mass is 15.2. The molecule has 0 aliphatic carbocycles. The Labute approximate surface area is 108 Å². The van der Waals surface area contributed by atoms with Crippen molar-refractivity contribution in [3.05, 3.63) is 0 Å². The number of hydrogen-bond acceptors (Lipinski definition) is 2. The van der Waals surface area contributed by atoms with Crippen LogP contribution in [0.2, 0.25) is 0 Å². The zero-order valence-corrected chi connectivity index (χ0v) is 12.6. The molecule has 102 valence electrons.